The predicted molar refractivity (Wildman–Crippen MR) is 176 cm³/mol. The number of hydrogen-bond donors (Lipinski definition) is 3. The van der Waals surface area contributed by atoms with Gasteiger partial charge in [0.25, 0.3) is 0 Å². The van der Waals surface area contributed by atoms with E-state index in [0.717, 1.165) is 15.4 Å². The lowest BCUT2D eigenvalue weighted by atomic mass is 10.1. The van der Waals surface area contributed by atoms with Gasteiger partial charge in [-0.2, -0.15) is 0 Å². The Morgan fingerprint density at radius 1 is 0.867 bits per heavy atom. The Morgan fingerprint density at radius 2 is 1.58 bits per heavy atom. The summed E-state index contributed by atoms with van der Waals surface area (Å²) >= 11 is -2.81. The number of nitrogens with zero attached hydrogens (tertiary/aromatic N) is 3. The molecule has 0 saturated carbocycles. The van der Waals surface area contributed by atoms with Crippen LogP contribution in [0.3, 0.4) is 0 Å². The summed E-state index contributed by atoms with van der Waals surface area (Å²) in [6, 6.07) is 25.0. The largest absolute Gasteiger partial charge is 0.755 e. The first-order chi connectivity index (χ1) is 21.7. The number of hydrogen-bond acceptors (Lipinski definition) is 9. The van der Waals surface area contributed by atoms with E-state index >= 15 is 0 Å². The molecule has 0 radical (unpaired) electrons. The van der Waals surface area contributed by atoms with Gasteiger partial charge in [0.1, 0.15) is 11.5 Å². The van der Waals surface area contributed by atoms with Crippen molar-refractivity contribution >= 4 is 56.9 Å². The van der Waals surface area contributed by atoms with E-state index in [1.807, 2.05) is 32.0 Å². The van der Waals surface area contributed by atoms with E-state index in [9.17, 15) is 13.6 Å². The van der Waals surface area contributed by atoms with E-state index in [4.69, 9.17) is 14.5 Å². The van der Waals surface area contributed by atoms with Crippen molar-refractivity contribution in [2.24, 2.45) is 0 Å². The van der Waals surface area contributed by atoms with Crippen LogP contribution >= 0.6 is 0 Å². The Balaban J connectivity index is 1.42. The van der Waals surface area contributed by atoms with Gasteiger partial charge >= 0.3 is 0 Å². The molecular formula is C33H33N6O5S-. The average Bonchev–Trinajstić information content (AvgIpc) is 3.02. The standard InChI is InChI=1S/C33H34N6O5S/c1-21-12-13-23(22(2)14-21)19-34-20-31(40)35-24-8-7-9-26(15-24)39(45(41)42)33-32(37-29-10-5-6-11-30(29)38-33)36-25-16-27(43-3)18-28(17-25)44-4/h5-18,34H,19-20H2,1-4H3,(H,35,40)(H,36,37)(H,41,42)/p-1. The Hall–Kier alpha value is -5.04. The molecule has 5 aromatic rings. The third-order valence-corrected chi connectivity index (χ3v) is 7.65. The molecule has 0 spiro atoms. The predicted octanol–water partition coefficient (Wildman–Crippen LogP) is 5.67. The van der Waals surface area contributed by atoms with Crippen molar-refractivity contribution in [3.8, 4) is 11.5 Å². The van der Waals surface area contributed by atoms with Crippen LogP contribution in [-0.2, 0) is 22.6 Å². The van der Waals surface area contributed by atoms with E-state index in [2.05, 4.69) is 27.0 Å². The van der Waals surface area contributed by atoms with Gasteiger partial charge in [-0.15, -0.1) is 0 Å². The highest BCUT2D eigenvalue weighted by molar-refractivity contribution is 7.81. The van der Waals surface area contributed by atoms with Crippen molar-refractivity contribution in [2.45, 2.75) is 20.4 Å². The van der Waals surface area contributed by atoms with Gasteiger partial charge in [-0.25, -0.2) is 9.97 Å². The second-order valence-electron chi connectivity index (χ2n) is 10.3. The van der Waals surface area contributed by atoms with E-state index in [1.54, 1.807) is 60.7 Å². The molecule has 45 heavy (non-hydrogen) atoms. The van der Waals surface area contributed by atoms with Crippen LogP contribution in [0.5, 0.6) is 11.5 Å². The first-order valence-corrected chi connectivity index (χ1v) is 15.1. The zero-order chi connectivity index (χ0) is 31.9. The number of ether oxygens (including phenoxy) is 2. The summed E-state index contributed by atoms with van der Waals surface area (Å²) in [5, 5.41) is 9.18. The molecule has 0 fully saturated rings. The van der Waals surface area contributed by atoms with E-state index in [-0.39, 0.29) is 29.8 Å². The number of benzene rings is 4. The van der Waals surface area contributed by atoms with Crippen molar-refractivity contribution < 1.29 is 23.0 Å². The lowest BCUT2D eigenvalue weighted by Crippen LogP contribution is -2.28. The van der Waals surface area contributed by atoms with Gasteiger partial charge in [0, 0.05) is 36.1 Å². The Labute approximate surface area is 264 Å². The third-order valence-electron chi connectivity index (χ3n) is 6.97. The number of methoxy groups -OCH3 is 2. The molecule has 1 atom stereocenters. The molecule has 1 aromatic heterocycles. The minimum absolute atomic E-state index is 0.0300. The fourth-order valence-electron chi connectivity index (χ4n) is 4.78. The zero-order valence-corrected chi connectivity index (χ0v) is 26.1. The monoisotopic (exact) mass is 625 g/mol. The molecule has 1 unspecified atom stereocenters. The number of aryl methyl sites for hydroxylation is 2. The number of carbonyl (C=O) groups excluding carboxylic acids is 1. The molecule has 232 valence electrons. The highest BCUT2D eigenvalue weighted by atomic mass is 32.2. The number of aromatic nitrogens is 2. The normalized spacial score (nSPS) is 11.6. The number of amides is 1. The highest BCUT2D eigenvalue weighted by Crippen LogP contribution is 2.36. The summed E-state index contributed by atoms with van der Waals surface area (Å²) < 4.78 is 37.4. The fraction of sp³-hybridized carbons (Fsp3) is 0.182. The molecule has 3 N–H and O–H groups in total. The summed E-state index contributed by atoms with van der Waals surface area (Å²) in [6.07, 6.45) is 0. The van der Waals surface area contributed by atoms with Crippen molar-refractivity contribution in [1.82, 2.24) is 15.3 Å². The molecule has 1 heterocycles. The van der Waals surface area contributed by atoms with Crippen molar-refractivity contribution in [3.63, 3.8) is 0 Å². The molecule has 5 rings (SSSR count). The maximum atomic E-state index is 12.8. The highest BCUT2D eigenvalue weighted by Gasteiger charge is 2.21. The molecule has 1 amide bonds. The summed E-state index contributed by atoms with van der Waals surface area (Å²) in [6.45, 7) is 4.69. The maximum absolute atomic E-state index is 12.8. The van der Waals surface area contributed by atoms with Gasteiger partial charge in [-0.1, -0.05) is 42.0 Å². The fourth-order valence-corrected chi connectivity index (χ4v) is 5.34. The lowest BCUT2D eigenvalue weighted by Gasteiger charge is -2.27. The molecular weight excluding hydrogens is 592 g/mol. The topological polar surface area (TPSA) is 141 Å². The van der Waals surface area contributed by atoms with Crippen molar-refractivity contribution in [1.29, 1.82) is 0 Å². The number of nitrogens with one attached hydrogen (secondary N) is 3. The Kier molecular flexibility index (Phi) is 9.88. The number of para-hydroxylation sites is 2. The van der Waals surface area contributed by atoms with E-state index in [0.29, 0.717) is 40.5 Å². The molecule has 4 aromatic carbocycles. The van der Waals surface area contributed by atoms with Gasteiger partial charge in [0.05, 0.1) is 48.8 Å². The van der Waals surface area contributed by atoms with Crippen LogP contribution in [0.1, 0.15) is 16.7 Å². The first kappa shape index (κ1) is 31.4. The van der Waals surface area contributed by atoms with Gasteiger partial charge in [0.2, 0.25) is 5.91 Å². The summed E-state index contributed by atoms with van der Waals surface area (Å²) in [7, 11) is 3.07. The number of fused-ring (bicyclic) bond motifs is 1. The van der Waals surface area contributed by atoms with Crippen molar-refractivity contribution in [3.05, 3.63) is 102 Å². The van der Waals surface area contributed by atoms with Gasteiger partial charge in [-0.05, 0) is 55.3 Å². The van der Waals surface area contributed by atoms with Gasteiger partial charge < -0.3 is 30.0 Å². The molecule has 0 bridgehead atoms. The second kappa shape index (κ2) is 14.2. The molecule has 11 nitrogen and oxygen atoms in total. The molecule has 12 heteroatoms. The smallest absolute Gasteiger partial charge is 0.238 e. The first-order valence-electron chi connectivity index (χ1n) is 14.1. The quantitative estimate of drug-likeness (QED) is 0.150. The van der Waals surface area contributed by atoms with E-state index in [1.165, 1.54) is 19.8 Å². The van der Waals surface area contributed by atoms with Gasteiger partial charge in [0.15, 0.2) is 11.6 Å². The van der Waals surface area contributed by atoms with Crippen LogP contribution in [0.15, 0.2) is 84.9 Å². The summed E-state index contributed by atoms with van der Waals surface area (Å²) in [5.41, 5.74) is 5.71. The van der Waals surface area contributed by atoms with Crippen LogP contribution in [0.4, 0.5) is 28.7 Å². The summed E-state index contributed by atoms with van der Waals surface area (Å²) in [4.78, 5) is 22.2. The Bertz CT molecular complexity index is 1850. The minimum Gasteiger partial charge on any atom is -0.755 e. The number of rotatable bonds is 12. The maximum Gasteiger partial charge on any atom is 0.238 e. The second-order valence-corrected chi connectivity index (χ2v) is 11.1. The lowest BCUT2D eigenvalue weighted by molar-refractivity contribution is -0.115. The van der Waals surface area contributed by atoms with Crippen LogP contribution in [0, 0.1) is 13.8 Å². The van der Waals surface area contributed by atoms with Crippen LogP contribution in [-0.4, -0.2) is 45.4 Å². The third kappa shape index (κ3) is 7.73. The number of carbonyl (C=O) groups is 1. The number of anilines is 5. The Morgan fingerprint density at radius 3 is 2.24 bits per heavy atom. The molecule has 0 aliphatic rings. The van der Waals surface area contributed by atoms with Crippen LogP contribution in [0.25, 0.3) is 11.0 Å². The molecule has 0 aliphatic carbocycles. The molecule has 0 aliphatic heterocycles. The average molecular weight is 626 g/mol. The van der Waals surface area contributed by atoms with Crippen LogP contribution < -0.4 is 29.7 Å². The zero-order valence-electron chi connectivity index (χ0n) is 25.3. The van der Waals surface area contributed by atoms with E-state index < -0.39 is 11.3 Å². The van der Waals surface area contributed by atoms with Gasteiger partial charge in [-0.3, -0.25) is 13.3 Å². The molecule has 0 saturated heterocycles. The minimum atomic E-state index is -2.81. The van der Waals surface area contributed by atoms with Crippen molar-refractivity contribution in [2.75, 3.05) is 35.7 Å². The summed E-state index contributed by atoms with van der Waals surface area (Å²) in [5.74, 6) is 0.999. The SMILES string of the molecule is COc1cc(Nc2nc3ccccc3nc2N(c2cccc(NC(=O)CNCc3ccc(C)cc3C)c2)S(=O)[O-])cc(OC)c1. The van der Waals surface area contributed by atoms with Crippen LogP contribution in [0.2, 0.25) is 0 Å².